The van der Waals surface area contributed by atoms with Crippen LogP contribution < -0.4 is 0 Å². The lowest BCUT2D eigenvalue weighted by molar-refractivity contribution is 0.0384. The summed E-state index contributed by atoms with van der Waals surface area (Å²) in [5, 5.41) is 0.863. The number of rotatable bonds is 2. The number of carbonyl (C=O) groups excluding carboxylic acids is 1. The molecule has 2 nitrogen and oxygen atoms in total. The Morgan fingerprint density at radius 2 is 2.12 bits per heavy atom. The molecule has 0 saturated heterocycles. The highest BCUT2D eigenvalue weighted by molar-refractivity contribution is 7.20. The van der Waals surface area contributed by atoms with Gasteiger partial charge in [0.1, 0.15) is 10.7 Å². The van der Waals surface area contributed by atoms with Crippen LogP contribution in [0.2, 0.25) is 0 Å². The van der Waals surface area contributed by atoms with Gasteiger partial charge in [0.05, 0.1) is 6.10 Å². The van der Waals surface area contributed by atoms with Gasteiger partial charge in [0.25, 0.3) is 0 Å². The van der Waals surface area contributed by atoms with Crippen LogP contribution in [0.15, 0.2) is 24.3 Å². The first-order valence-electron chi connectivity index (χ1n) is 4.96. The Hall–Kier alpha value is -1.42. The van der Waals surface area contributed by atoms with E-state index in [0.29, 0.717) is 4.88 Å². The number of ether oxygens (including phenoxy) is 1. The van der Waals surface area contributed by atoms with E-state index in [0.717, 1.165) is 10.1 Å². The van der Waals surface area contributed by atoms with E-state index in [1.165, 1.54) is 23.5 Å². The summed E-state index contributed by atoms with van der Waals surface area (Å²) in [6.45, 7) is 3.59. The van der Waals surface area contributed by atoms with Crippen molar-refractivity contribution in [1.82, 2.24) is 0 Å². The van der Waals surface area contributed by atoms with E-state index in [9.17, 15) is 9.18 Å². The maximum Gasteiger partial charge on any atom is 0.348 e. The van der Waals surface area contributed by atoms with Crippen LogP contribution in [0.25, 0.3) is 10.1 Å². The second-order valence-electron chi connectivity index (χ2n) is 3.75. The maximum atomic E-state index is 12.9. The van der Waals surface area contributed by atoms with Crippen molar-refractivity contribution in [3.05, 3.63) is 35.0 Å². The van der Waals surface area contributed by atoms with Gasteiger partial charge in [-0.15, -0.1) is 11.3 Å². The van der Waals surface area contributed by atoms with E-state index >= 15 is 0 Å². The van der Waals surface area contributed by atoms with Crippen molar-refractivity contribution in [1.29, 1.82) is 0 Å². The number of hydrogen-bond donors (Lipinski definition) is 0. The predicted molar refractivity (Wildman–Crippen MR) is 62.3 cm³/mol. The molecule has 84 valence electrons. The number of esters is 1. The molecule has 0 aliphatic carbocycles. The third-order valence-corrected chi connectivity index (χ3v) is 3.10. The largest absolute Gasteiger partial charge is 0.459 e. The Morgan fingerprint density at radius 3 is 2.81 bits per heavy atom. The van der Waals surface area contributed by atoms with Crippen molar-refractivity contribution in [2.45, 2.75) is 20.0 Å². The number of carbonyl (C=O) groups is 1. The monoisotopic (exact) mass is 238 g/mol. The van der Waals surface area contributed by atoms with Gasteiger partial charge in [-0.2, -0.15) is 0 Å². The van der Waals surface area contributed by atoms with Gasteiger partial charge in [0.15, 0.2) is 0 Å². The Morgan fingerprint density at radius 1 is 1.38 bits per heavy atom. The van der Waals surface area contributed by atoms with Crippen LogP contribution in [0, 0.1) is 5.82 Å². The number of fused-ring (bicyclic) bond motifs is 1. The van der Waals surface area contributed by atoms with Crippen molar-refractivity contribution >= 4 is 27.4 Å². The first-order chi connectivity index (χ1) is 7.56. The van der Waals surface area contributed by atoms with Crippen LogP contribution in [-0.2, 0) is 4.74 Å². The fraction of sp³-hybridized carbons (Fsp3) is 0.250. The van der Waals surface area contributed by atoms with Crippen LogP contribution >= 0.6 is 11.3 Å². The molecule has 0 unspecified atom stereocenters. The zero-order valence-electron chi connectivity index (χ0n) is 8.99. The first kappa shape index (κ1) is 11.1. The van der Waals surface area contributed by atoms with Gasteiger partial charge in [-0.05, 0) is 37.4 Å². The highest BCUT2D eigenvalue weighted by Gasteiger charge is 2.13. The molecule has 0 spiro atoms. The quantitative estimate of drug-likeness (QED) is 0.747. The average Bonchev–Trinajstić information content (AvgIpc) is 2.59. The summed E-state index contributed by atoms with van der Waals surface area (Å²) in [4.78, 5) is 12.1. The van der Waals surface area contributed by atoms with Gasteiger partial charge in [0, 0.05) is 4.70 Å². The molecular weight excluding hydrogens is 227 g/mol. The first-order valence-corrected chi connectivity index (χ1v) is 5.78. The van der Waals surface area contributed by atoms with Crippen LogP contribution in [0.4, 0.5) is 4.39 Å². The minimum Gasteiger partial charge on any atom is -0.459 e. The fourth-order valence-corrected chi connectivity index (χ4v) is 2.35. The number of hydrogen-bond acceptors (Lipinski definition) is 3. The second-order valence-corrected chi connectivity index (χ2v) is 4.83. The van der Waals surface area contributed by atoms with Gasteiger partial charge < -0.3 is 4.74 Å². The normalized spacial score (nSPS) is 11.0. The van der Waals surface area contributed by atoms with E-state index in [1.807, 2.05) is 0 Å². The number of benzene rings is 1. The van der Waals surface area contributed by atoms with Crippen molar-refractivity contribution in [3.8, 4) is 0 Å². The van der Waals surface area contributed by atoms with Gasteiger partial charge in [0.2, 0.25) is 0 Å². The van der Waals surface area contributed by atoms with Gasteiger partial charge in [-0.25, -0.2) is 9.18 Å². The zero-order valence-corrected chi connectivity index (χ0v) is 9.81. The molecule has 4 heteroatoms. The van der Waals surface area contributed by atoms with E-state index in [4.69, 9.17) is 4.74 Å². The lowest BCUT2D eigenvalue weighted by Gasteiger charge is -2.05. The minimum atomic E-state index is -0.350. The molecule has 0 N–H and O–H groups in total. The molecular formula is C12H11FO2S. The van der Waals surface area contributed by atoms with Crippen LogP contribution in [0.5, 0.6) is 0 Å². The van der Waals surface area contributed by atoms with Crippen molar-refractivity contribution in [2.24, 2.45) is 0 Å². The SMILES string of the molecule is CC(C)OC(=O)c1cc2ccc(F)cc2s1. The zero-order chi connectivity index (χ0) is 11.7. The summed E-state index contributed by atoms with van der Waals surface area (Å²) in [5.41, 5.74) is 0. The summed E-state index contributed by atoms with van der Waals surface area (Å²) in [7, 11) is 0. The molecule has 0 amide bonds. The Labute approximate surface area is 96.7 Å². The topological polar surface area (TPSA) is 26.3 Å². The van der Waals surface area contributed by atoms with Crippen LogP contribution in [0.1, 0.15) is 23.5 Å². The molecule has 0 radical (unpaired) electrons. The lowest BCUT2D eigenvalue weighted by Crippen LogP contribution is -2.09. The van der Waals surface area contributed by atoms with Crippen molar-refractivity contribution in [2.75, 3.05) is 0 Å². The molecule has 0 bridgehead atoms. The molecule has 1 heterocycles. The third-order valence-electron chi connectivity index (χ3n) is 2.03. The van der Waals surface area contributed by atoms with E-state index in [1.54, 1.807) is 26.0 Å². The molecule has 0 saturated carbocycles. The molecule has 0 aliphatic heterocycles. The molecule has 1 aromatic heterocycles. The standard InChI is InChI=1S/C12H11FO2S/c1-7(2)15-12(14)11-5-8-3-4-9(13)6-10(8)16-11/h3-7H,1-2H3. The highest BCUT2D eigenvalue weighted by Crippen LogP contribution is 2.27. The highest BCUT2D eigenvalue weighted by atomic mass is 32.1. The second kappa shape index (κ2) is 4.22. The van der Waals surface area contributed by atoms with Gasteiger partial charge in [-0.3, -0.25) is 0 Å². The van der Waals surface area contributed by atoms with E-state index in [2.05, 4.69) is 0 Å². The maximum absolute atomic E-state index is 12.9. The summed E-state index contributed by atoms with van der Waals surface area (Å²) >= 11 is 1.25. The molecule has 2 aromatic rings. The molecule has 0 aliphatic rings. The summed E-state index contributed by atoms with van der Waals surface area (Å²) in [5.74, 6) is -0.644. The van der Waals surface area contributed by atoms with E-state index in [-0.39, 0.29) is 17.9 Å². The van der Waals surface area contributed by atoms with E-state index < -0.39 is 0 Å². The summed E-state index contributed by atoms with van der Waals surface area (Å²) < 4.78 is 18.8. The Bertz CT molecular complexity index is 531. The van der Waals surface area contributed by atoms with Crippen molar-refractivity contribution < 1.29 is 13.9 Å². The smallest absolute Gasteiger partial charge is 0.348 e. The minimum absolute atomic E-state index is 0.144. The molecule has 0 atom stereocenters. The third kappa shape index (κ3) is 2.22. The molecule has 1 aromatic carbocycles. The molecule has 2 rings (SSSR count). The molecule has 16 heavy (non-hydrogen) atoms. The number of halogens is 1. The average molecular weight is 238 g/mol. The fourth-order valence-electron chi connectivity index (χ4n) is 1.38. The predicted octanol–water partition coefficient (Wildman–Crippen LogP) is 3.61. The van der Waals surface area contributed by atoms with Crippen molar-refractivity contribution in [3.63, 3.8) is 0 Å². The Balaban J connectivity index is 2.36. The Kier molecular flexibility index (Phi) is 2.92. The van der Waals surface area contributed by atoms with Crippen LogP contribution in [0.3, 0.4) is 0 Å². The lowest BCUT2D eigenvalue weighted by atomic mass is 10.2. The summed E-state index contributed by atoms with van der Waals surface area (Å²) in [6.07, 6.45) is -0.144. The molecule has 0 fully saturated rings. The van der Waals surface area contributed by atoms with Gasteiger partial charge >= 0.3 is 5.97 Å². The number of thiophene rings is 1. The van der Waals surface area contributed by atoms with Crippen LogP contribution in [-0.4, -0.2) is 12.1 Å². The van der Waals surface area contributed by atoms with Gasteiger partial charge in [-0.1, -0.05) is 6.07 Å². The summed E-state index contributed by atoms with van der Waals surface area (Å²) in [6, 6.07) is 6.19.